The van der Waals surface area contributed by atoms with Crippen LogP contribution in [0.4, 0.5) is 0 Å². The van der Waals surface area contributed by atoms with E-state index < -0.39 is 0 Å². The molecule has 0 aromatic heterocycles. The van der Waals surface area contributed by atoms with Gasteiger partial charge in [0, 0.05) is 23.2 Å². The first kappa shape index (κ1) is 17.0. The number of benzene rings is 1. The lowest BCUT2D eigenvalue weighted by Gasteiger charge is -2.39. The Bertz CT molecular complexity index is 493. The third kappa shape index (κ3) is 4.11. The first-order valence-corrected chi connectivity index (χ1v) is 8.48. The second-order valence-corrected chi connectivity index (χ2v) is 7.36. The van der Waals surface area contributed by atoms with Crippen molar-refractivity contribution in [2.75, 3.05) is 26.2 Å². The summed E-state index contributed by atoms with van der Waals surface area (Å²) < 4.78 is 1.20. The maximum absolute atomic E-state index is 12.4. The summed E-state index contributed by atoms with van der Waals surface area (Å²) in [6.45, 7) is 4.16. The van der Waals surface area contributed by atoms with Gasteiger partial charge >= 0.3 is 0 Å². The first-order valence-electron chi connectivity index (χ1n) is 7.40. The fraction of sp³-hybridized carbons (Fsp3) is 0.562. The largest absolute Gasteiger partial charge is 0.342 e. The molecule has 2 heterocycles. The number of nitrogens with zero attached hydrogens (tertiary/aromatic N) is 1. The molecule has 2 saturated heterocycles. The molecule has 5 heteroatoms. The van der Waals surface area contributed by atoms with Crippen LogP contribution in [0.5, 0.6) is 0 Å². The smallest absolute Gasteiger partial charge is 0.226 e. The van der Waals surface area contributed by atoms with Crippen LogP contribution < -0.4 is 5.32 Å². The highest BCUT2D eigenvalue weighted by atomic mass is 127. The molecular weight excluding hydrogens is 399 g/mol. The molecule has 2 aliphatic rings. The molecule has 1 amide bonds. The van der Waals surface area contributed by atoms with Crippen molar-refractivity contribution in [2.45, 2.75) is 25.7 Å². The maximum atomic E-state index is 12.4. The molecule has 2 aliphatic heterocycles. The molecule has 0 unspecified atom stereocenters. The number of amides is 1. The third-order valence-corrected chi connectivity index (χ3v) is 5.42. The predicted octanol–water partition coefficient (Wildman–Crippen LogP) is 2.86. The number of piperidine rings is 1. The molecule has 0 bridgehead atoms. The zero-order valence-electron chi connectivity index (χ0n) is 12.1. The Kier molecular flexibility index (Phi) is 5.91. The van der Waals surface area contributed by atoms with Crippen molar-refractivity contribution in [1.82, 2.24) is 10.2 Å². The van der Waals surface area contributed by atoms with Gasteiger partial charge in [0.15, 0.2) is 0 Å². The Labute approximate surface area is 146 Å². The van der Waals surface area contributed by atoms with Gasteiger partial charge < -0.3 is 10.2 Å². The highest BCUT2D eigenvalue weighted by Crippen LogP contribution is 2.36. The fourth-order valence-corrected chi connectivity index (χ4v) is 3.99. The lowest BCUT2D eigenvalue weighted by molar-refractivity contribution is -0.132. The number of carbonyl (C=O) groups is 1. The molecule has 3 nitrogen and oxygen atoms in total. The van der Waals surface area contributed by atoms with Gasteiger partial charge in [-0.05, 0) is 71.5 Å². The van der Waals surface area contributed by atoms with Gasteiger partial charge in [-0.3, -0.25) is 4.79 Å². The van der Waals surface area contributed by atoms with E-state index in [1.807, 2.05) is 12.1 Å². The molecule has 2 fully saturated rings. The zero-order valence-corrected chi connectivity index (χ0v) is 15.1. The van der Waals surface area contributed by atoms with Gasteiger partial charge in [-0.25, -0.2) is 0 Å². The van der Waals surface area contributed by atoms with Crippen LogP contribution in [0.15, 0.2) is 24.3 Å². The van der Waals surface area contributed by atoms with E-state index in [0.29, 0.717) is 11.8 Å². The van der Waals surface area contributed by atoms with Crippen LogP contribution in [0.25, 0.3) is 0 Å². The van der Waals surface area contributed by atoms with E-state index in [1.54, 1.807) is 0 Å². The normalized spacial score (nSPS) is 20.3. The molecule has 0 saturated carbocycles. The van der Waals surface area contributed by atoms with E-state index >= 15 is 0 Å². The first-order chi connectivity index (χ1) is 9.67. The molecule has 3 rings (SSSR count). The lowest BCUT2D eigenvalue weighted by Crippen LogP contribution is -2.44. The average molecular weight is 421 g/mol. The molecule has 0 atom stereocenters. The second-order valence-electron chi connectivity index (χ2n) is 6.11. The van der Waals surface area contributed by atoms with Crippen LogP contribution >= 0.6 is 35.0 Å². The molecule has 21 heavy (non-hydrogen) atoms. The highest BCUT2D eigenvalue weighted by Gasteiger charge is 2.37. The van der Waals surface area contributed by atoms with E-state index in [4.69, 9.17) is 0 Å². The summed E-state index contributed by atoms with van der Waals surface area (Å²) in [4.78, 5) is 14.4. The summed E-state index contributed by atoms with van der Waals surface area (Å²) >= 11 is 2.30. The summed E-state index contributed by atoms with van der Waals surface area (Å²) in [5.74, 6) is 0.285. The van der Waals surface area contributed by atoms with Gasteiger partial charge in [-0.15, -0.1) is 12.4 Å². The van der Waals surface area contributed by atoms with Crippen molar-refractivity contribution in [3.8, 4) is 0 Å². The van der Waals surface area contributed by atoms with E-state index in [2.05, 4.69) is 44.9 Å². The van der Waals surface area contributed by atoms with Crippen LogP contribution in [0.2, 0.25) is 0 Å². The van der Waals surface area contributed by atoms with Gasteiger partial charge in [0.1, 0.15) is 0 Å². The summed E-state index contributed by atoms with van der Waals surface area (Å²) in [6.07, 6.45) is 4.16. The van der Waals surface area contributed by atoms with Crippen LogP contribution in [0.3, 0.4) is 0 Å². The molecule has 0 aliphatic carbocycles. The molecule has 1 aromatic rings. The van der Waals surface area contributed by atoms with Crippen molar-refractivity contribution < 1.29 is 4.79 Å². The number of rotatable bonds is 2. The van der Waals surface area contributed by atoms with Gasteiger partial charge in [0.25, 0.3) is 0 Å². The van der Waals surface area contributed by atoms with E-state index in [9.17, 15) is 4.79 Å². The molecule has 0 radical (unpaired) electrons. The van der Waals surface area contributed by atoms with E-state index in [0.717, 1.165) is 44.6 Å². The zero-order chi connectivity index (χ0) is 14.0. The molecule has 116 valence electrons. The Morgan fingerprint density at radius 3 is 2.67 bits per heavy atom. The standard InChI is InChI=1S/C16H21IN2O.ClH/c17-14-3-1-2-13(10-14)11-15(20)19-8-5-16(6-9-19)4-7-18-12-16;/h1-3,10,18H,4-9,11-12H2;1H. The van der Waals surface area contributed by atoms with Gasteiger partial charge in [0.05, 0.1) is 6.42 Å². The minimum atomic E-state index is 0. The Hall–Kier alpha value is -0.330. The Morgan fingerprint density at radius 2 is 2.05 bits per heavy atom. The summed E-state index contributed by atoms with van der Waals surface area (Å²) in [5.41, 5.74) is 1.61. The number of carbonyl (C=O) groups excluding carboxylic acids is 1. The minimum absolute atomic E-state index is 0. The predicted molar refractivity (Wildman–Crippen MR) is 95.8 cm³/mol. The number of halogens is 2. The van der Waals surface area contributed by atoms with Crippen LogP contribution in [0.1, 0.15) is 24.8 Å². The topological polar surface area (TPSA) is 32.3 Å². The Balaban J connectivity index is 0.00000161. The Morgan fingerprint density at radius 1 is 1.29 bits per heavy atom. The van der Waals surface area contributed by atoms with Gasteiger partial charge in [0.2, 0.25) is 5.91 Å². The quantitative estimate of drug-likeness (QED) is 0.746. The average Bonchev–Trinajstić information content (AvgIpc) is 2.88. The summed E-state index contributed by atoms with van der Waals surface area (Å²) in [7, 11) is 0. The number of nitrogens with one attached hydrogen (secondary N) is 1. The fourth-order valence-electron chi connectivity index (χ4n) is 3.39. The SMILES string of the molecule is Cl.O=C(Cc1cccc(I)c1)N1CCC2(CCNC2)CC1. The monoisotopic (exact) mass is 420 g/mol. The van der Waals surface area contributed by atoms with E-state index in [1.165, 1.54) is 9.99 Å². The molecule has 1 spiro atoms. The summed E-state index contributed by atoms with van der Waals surface area (Å²) in [5, 5.41) is 3.47. The summed E-state index contributed by atoms with van der Waals surface area (Å²) in [6, 6.07) is 8.24. The van der Waals surface area contributed by atoms with Crippen molar-refractivity contribution in [1.29, 1.82) is 0 Å². The highest BCUT2D eigenvalue weighted by molar-refractivity contribution is 14.1. The maximum Gasteiger partial charge on any atom is 0.226 e. The van der Waals surface area contributed by atoms with E-state index in [-0.39, 0.29) is 18.3 Å². The lowest BCUT2D eigenvalue weighted by atomic mass is 9.78. The van der Waals surface area contributed by atoms with Crippen LogP contribution in [-0.2, 0) is 11.2 Å². The van der Waals surface area contributed by atoms with Crippen molar-refractivity contribution in [3.63, 3.8) is 0 Å². The van der Waals surface area contributed by atoms with Gasteiger partial charge in [-0.1, -0.05) is 12.1 Å². The third-order valence-electron chi connectivity index (χ3n) is 4.75. The molecular formula is C16H22ClIN2O. The molecule has 1 N–H and O–H groups in total. The van der Waals surface area contributed by atoms with Crippen molar-refractivity contribution in [3.05, 3.63) is 33.4 Å². The molecule has 1 aromatic carbocycles. The van der Waals surface area contributed by atoms with Crippen LogP contribution in [0, 0.1) is 8.99 Å². The van der Waals surface area contributed by atoms with Gasteiger partial charge in [-0.2, -0.15) is 0 Å². The number of hydrogen-bond acceptors (Lipinski definition) is 2. The minimum Gasteiger partial charge on any atom is -0.342 e. The van der Waals surface area contributed by atoms with Crippen LogP contribution in [-0.4, -0.2) is 37.0 Å². The number of likely N-dealkylation sites (tertiary alicyclic amines) is 1. The second kappa shape index (κ2) is 7.29. The van der Waals surface area contributed by atoms with Crippen molar-refractivity contribution >= 4 is 40.9 Å². The number of hydrogen-bond donors (Lipinski definition) is 1. The van der Waals surface area contributed by atoms with Crippen molar-refractivity contribution in [2.24, 2.45) is 5.41 Å².